The van der Waals surface area contributed by atoms with E-state index in [1.165, 1.54) is 11.1 Å². The zero-order valence-electron chi connectivity index (χ0n) is 13.2. The zero-order chi connectivity index (χ0) is 16.3. The van der Waals surface area contributed by atoms with Gasteiger partial charge in [-0.05, 0) is 29.0 Å². The molecule has 1 aromatic heterocycles. The number of rotatable bonds is 3. The van der Waals surface area contributed by atoms with E-state index in [0.717, 1.165) is 37.9 Å². The van der Waals surface area contributed by atoms with Gasteiger partial charge in [0.05, 0.1) is 5.92 Å². The lowest BCUT2D eigenvalue weighted by atomic mass is 10.1. The molecular formula is C18H18N4O2. The average Bonchev–Trinajstić information content (AvgIpc) is 2.97. The molecule has 0 radical (unpaired) electrons. The van der Waals surface area contributed by atoms with E-state index in [1.807, 2.05) is 6.07 Å². The van der Waals surface area contributed by atoms with E-state index >= 15 is 0 Å². The maximum absolute atomic E-state index is 11.1. The van der Waals surface area contributed by atoms with Crippen molar-refractivity contribution in [1.29, 1.82) is 0 Å². The number of anilines is 2. The Labute approximate surface area is 139 Å². The first-order valence-corrected chi connectivity index (χ1v) is 8.33. The molecule has 1 aliphatic carbocycles. The second-order valence-electron chi connectivity index (χ2n) is 6.94. The molecule has 1 saturated carbocycles. The summed E-state index contributed by atoms with van der Waals surface area (Å²) in [5, 5.41) is 9.13. The van der Waals surface area contributed by atoms with Crippen molar-refractivity contribution in [2.24, 2.45) is 17.8 Å². The Morgan fingerprint density at radius 3 is 2.33 bits per heavy atom. The van der Waals surface area contributed by atoms with Crippen molar-refractivity contribution in [3.05, 3.63) is 47.7 Å². The van der Waals surface area contributed by atoms with Crippen LogP contribution in [0, 0.1) is 17.8 Å². The Kier molecular flexibility index (Phi) is 2.83. The van der Waals surface area contributed by atoms with Gasteiger partial charge in [0, 0.05) is 32.4 Å². The van der Waals surface area contributed by atoms with Gasteiger partial charge in [0.25, 0.3) is 0 Å². The summed E-state index contributed by atoms with van der Waals surface area (Å²) in [7, 11) is 0. The van der Waals surface area contributed by atoms with Crippen molar-refractivity contribution in [3.63, 3.8) is 0 Å². The summed E-state index contributed by atoms with van der Waals surface area (Å²) in [4.78, 5) is 24.6. The van der Waals surface area contributed by atoms with E-state index in [1.54, 1.807) is 6.20 Å². The van der Waals surface area contributed by atoms with Crippen LogP contribution >= 0.6 is 0 Å². The van der Waals surface area contributed by atoms with Crippen molar-refractivity contribution in [2.45, 2.75) is 13.1 Å². The molecular weight excluding hydrogens is 304 g/mol. The van der Waals surface area contributed by atoms with Crippen molar-refractivity contribution in [2.75, 3.05) is 22.9 Å². The van der Waals surface area contributed by atoms with E-state index in [0.29, 0.717) is 0 Å². The molecule has 3 atom stereocenters. The molecule has 1 N–H and O–H groups in total. The lowest BCUT2D eigenvalue weighted by Crippen LogP contribution is -2.28. The number of carboxylic acids is 1. The molecule has 1 saturated heterocycles. The standard InChI is InChI=1S/C18H18N4O2/c23-17(24)16-13-9-22(10-14(13)16)18-19-6-5-15(20-18)21-7-11-3-1-2-4-12(11)8-21/h1-6,13-14,16H,7-10H2,(H,23,24)/t13-,14+,16?. The van der Waals surface area contributed by atoms with E-state index < -0.39 is 5.97 Å². The minimum absolute atomic E-state index is 0.155. The number of hydrogen-bond donors (Lipinski definition) is 1. The van der Waals surface area contributed by atoms with Gasteiger partial charge in [0.15, 0.2) is 0 Å². The molecule has 2 aliphatic heterocycles. The Bertz CT molecular complexity index is 787. The third-order valence-electron chi connectivity index (χ3n) is 5.55. The normalized spacial score (nSPS) is 27.1. The fourth-order valence-electron chi connectivity index (χ4n) is 4.22. The molecule has 2 aromatic rings. The van der Waals surface area contributed by atoms with Gasteiger partial charge in [0.2, 0.25) is 5.95 Å². The van der Waals surface area contributed by atoms with Gasteiger partial charge in [-0.3, -0.25) is 4.79 Å². The number of carboxylic acid groups (broad SMARTS) is 1. The van der Waals surface area contributed by atoms with Crippen LogP contribution in [0.25, 0.3) is 0 Å². The van der Waals surface area contributed by atoms with Crippen LogP contribution in [0.2, 0.25) is 0 Å². The van der Waals surface area contributed by atoms with Gasteiger partial charge in [-0.1, -0.05) is 24.3 Å². The van der Waals surface area contributed by atoms with Crippen molar-refractivity contribution >= 4 is 17.7 Å². The second-order valence-corrected chi connectivity index (χ2v) is 6.94. The number of carbonyl (C=O) groups is 1. The molecule has 6 nitrogen and oxygen atoms in total. The smallest absolute Gasteiger partial charge is 0.307 e. The topological polar surface area (TPSA) is 69.6 Å². The van der Waals surface area contributed by atoms with Crippen molar-refractivity contribution < 1.29 is 9.90 Å². The van der Waals surface area contributed by atoms with Crippen LogP contribution in [0.15, 0.2) is 36.5 Å². The first kappa shape index (κ1) is 13.8. The lowest BCUT2D eigenvalue weighted by molar-refractivity contribution is -0.139. The molecule has 0 bridgehead atoms. The van der Waals surface area contributed by atoms with Crippen molar-refractivity contribution in [1.82, 2.24) is 9.97 Å². The maximum Gasteiger partial charge on any atom is 0.307 e. The van der Waals surface area contributed by atoms with E-state index in [9.17, 15) is 4.79 Å². The molecule has 0 spiro atoms. The van der Waals surface area contributed by atoms with Crippen LogP contribution in [0.3, 0.4) is 0 Å². The Morgan fingerprint density at radius 2 is 1.71 bits per heavy atom. The number of nitrogens with zero attached hydrogens (tertiary/aromatic N) is 4. The zero-order valence-corrected chi connectivity index (χ0v) is 13.2. The summed E-state index contributed by atoms with van der Waals surface area (Å²) < 4.78 is 0. The number of aromatic nitrogens is 2. The molecule has 122 valence electrons. The molecule has 5 rings (SSSR count). The number of benzene rings is 1. The minimum Gasteiger partial charge on any atom is -0.481 e. The molecule has 24 heavy (non-hydrogen) atoms. The summed E-state index contributed by atoms with van der Waals surface area (Å²) >= 11 is 0. The molecule has 6 heteroatoms. The van der Waals surface area contributed by atoms with Crippen LogP contribution in [-0.4, -0.2) is 34.1 Å². The summed E-state index contributed by atoms with van der Waals surface area (Å²) in [6.07, 6.45) is 1.80. The molecule has 1 unspecified atom stereocenters. The van der Waals surface area contributed by atoms with Crippen LogP contribution in [-0.2, 0) is 17.9 Å². The van der Waals surface area contributed by atoms with Crippen LogP contribution in [0.5, 0.6) is 0 Å². The highest BCUT2D eigenvalue weighted by atomic mass is 16.4. The average molecular weight is 322 g/mol. The Morgan fingerprint density at radius 1 is 1.04 bits per heavy atom. The molecule has 3 heterocycles. The monoisotopic (exact) mass is 322 g/mol. The number of fused-ring (bicyclic) bond motifs is 2. The van der Waals surface area contributed by atoms with Gasteiger partial charge in [0.1, 0.15) is 5.82 Å². The Hall–Kier alpha value is -2.63. The predicted molar refractivity (Wildman–Crippen MR) is 88.7 cm³/mol. The highest BCUT2D eigenvalue weighted by molar-refractivity contribution is 5.75. The maximum atomic E-state index is 11.1. The molecule has 0 amide bonds. The second kappa shape index (κ2) is 4.93. The number of piperidine rings is 1. The lowest BCUT2D eigenvalue weighted by Gasteiger charge is -2.22. The van der Waals surface area contributed by atoms with Crippen LogP contribution in [0.4, 0.5) is 11.8 Å². The quantitative estimate of drug-likeness (QED) is 0.929. The number of aliphatic carboxylic acids is 1. The largest absolute Gasteiger partial charge is 0.481 e. The van der Waals surface area contributed by atoms with Crippen LogP contribution < -0.4 is 9.80 Å². The van der Waals surface area contributed by atoms with Gasteiger partial charge in [-0.2, -0.15) is 4.98 Å². The Balaban J connectivity index is 1.33. The highest BCUT2D eigenvalue weighted by Crippen LogP contribution is 2.52. The molecule has 3 aliphatic rings. The summed E-state index contributed by atoms with van der Waals surface area (Å²) in [5.41, 5.74) is 2.70. The van der Waals surface area contributed by atoms with E-state index in [4.69, 9.17) is 10.1 Å². The third-order valence-corrected chi connectivity index (χ3v) is 5.55. The highest BCUT2D eigenvalue weighted by Gasteiger charge is 2.60. The molecule has 2 fully saturated rings. The van der Waals surface area contributed by atoms with Gasteiger partial charge in [-0.15, -0.1) is 0 Å². The SMILES string of the molecule is O=C(O)C1[C@H]2CN(c3nccc(N4Cc5ccccc5C4)n3)C[C@@H]12. The minimum atomic E-state index is -0.658. The van der Waals surface area contributed by atoms with Crippen molar-refractivity contribution in [3.8, 4) is 0 Å². The van der Waals surface area contributed by atoms with Crippen LogP contribution in [0.1, 0.15) is 11.1 Å². The van der Waals surface area contributed by atoms with E-state index in [-0.39, 0.29) is 17.8 Å². The summed E-state index contributed by atoms with van der Waals surface area (Å²) in [6, 6.07) is 10.4. The predicted octanol–water partition coefficient (Wildman–Crippen LogP) is 1.76. The van der Waals surface area contributed by atoms with E-state index in [2.05, 4.69) is 39.0 Å². The summed E-state index contributed by atoms with van der Waals surface area (Å²) in [6.45, 7) is 3.26. The first-order chi connectivity index (χ1) is 11.7. The summed E-state index contributed by atoms with van der Waals surface area (Å²) in [5.74, 6) is 1.38. The first-order valence-electron chi connectivity index (χ1n) is 8.33. The van der Waals surface area contributed by atoms with Gasteiger partial charge < -0.3 is 14.9 Å². The third kappa shape index (κ3) is 2.06. The van der Waals surface area contributed by atoms with Gasteiger partial charge >= 0.3 is 5.97 Å². The number of hydrogen-bond acceptors (Lipinski definition) is 5. The fourth-order valence-corrected chi connectivity index (χ4v) is 4.22. The van der Waals surface area contributed by atoms with Gasteiger partial charge in [-0.25, -0.2) is 4.98 Å². The fraction of sp³-hybridized carbons (Fsp3) is 0.389. The molecule has 1 aromatic carbocycles.